The van der Waals surface area contributed by atoms with Gasteiger partial charge in [-0.05, 0) is 25.1 Å². The third-order valence-corrected chi connectivity index (χ3v) is 3.92. The summed E-state index contributed by atoms with van der Waals surface area (Å²) in [4.78, 5) is 5.10. The standard InChI is InChI=1S/C12H21N3OS/c1-3-10-5-6-11(17-10)9-15(4-2)8-7-12(13)14-16/h5-6,16H,3-4,7-9H2,1-2H3,(H2,13,14). The topological polar surface area (TPSA) is 61.8 Å². The second kappa shape index (κ2) is 7.29. The zero-order valence-electron chi connectivity index (χ0n) is 10.5. The molecule has 4 nitrogen and oxygen atoms in total. The van der Waals surface area contributed by atoms with Crippen LogP contribution in [-0.4, -0.2) is 29.0 Å². The molecule has 96 valence electrons. The first-order valence-corrected chi connectivity index (χ1v) is 6.77. The Morgan fingerprint density at radius 2 is 2.12 bits per heavy atom. The quantitative estimate of drug-likeness (QED) is 0.340. The van der Waals surface area contributed by atoms with Crippen LogP contribution < -0.4 is 5.73 Å². The summed E-state index contributed by atoms with van der Waals surface area (Å²) >= 11 is 1.86. The smallest absolute Gasteiger partial charge is 0.140 e. The molecule has 0 fully saturated rings. The molecular formula is C12H21N3OS. The maximum atomic E-state index is 8.49. The van der Waals surface area contributed by atoms with E-state index < -0.39 is 0 Å². The number of rotatable bonds is 7. The lowest BCUT2D eigenvalue weighted by Crippen LogP contribution is -2.27. The van der Waals surface area contributed by atoms with Gasteiger partial charge in [-0.2, -0.15) is 0 Å². The summed E-state index contributed by atoms with van der Waals surface area (Å²) in [6.07, 6.45) is 1.71. The lowest BCUT2D eigenvalue weighted by molar-refractivity contribution is 0.285. The number of nitrogens with two attached hydrogens (primary N) is 1. The first kappa shape index (κ1) is 14.0. The number of amidine groups is 1. The Morgan fingerprint density at radius 3 is 2.65 bits per heavy atom. The minimum Gasteiger partial charge on any atom is -0.409 e. The van der Waals surface area contributed by atoms with Gasteiger partial charge in [-0.15, -0.1) is 11.3 Å². The predicted octanol–water partition coefficient (Wildman–Crippen LogP) is 2.27. The van der Waals surface area contributed by atoms with Crippen molar-refractivity contribution in [3.05, 3.63) is 21.9 Å². The minimum atomic E-state index is 0.295. The highest BCUT2D eigenvalue weighted by molar-refractivity contribution is 7.11. The molecule has 0 radical (unpaired) electrons. The zero-order chi connectivity index (χ0) is 12.7. The van der Waals surface area contributed by atoms with E-state index in [2.05, 4.69) is 36.0 Å². The number of hydrogen-bond donors (Lipinski definition) is 2. The number of aryl methyl sites for hydroxylation is 1. The molecule has 1 aromatic heterocycles. The van der Waals surface area contributed by atoms with E-state index in [1.165, 1.54) is 9.75 Å². The van der Waals surface area contributed by atoms with Crippen LogP contribution in [-0.2, 0) is 13.0 Å². The van der Waals surface area contributed by atoms with Gasteiger partial charge in [-0.3, -0.25) is 4.90 Å². The summed E-state index contributed by atoms with van der Waals surface area (Å²) in [7, 11) is 0. The largest absolute Gasteiger partial charge is 0.409 e. The van der Waals surface area contributed by atoms with Crippen LogP contribution in [0.15, 0.2) is 17.3 Å². The van der Waals surface area contributed by atoms with Crippen molar-refractivity contribution < 1.29 is 5.21 Å². The van der Waals surface area contributed by atoms with E-state index in [1.807, 2.05) is 11.3 Å². The van der Waals surface area contributed by atoms with Gasteiger partial charge in [-0.1, -0.05) is 19.0 Å². The third kappa shape index (κ3) is 4.75. The van der Waals surface area contributed by atoms with Gasteiger partial charge in [0.2, 0.25) is 0 Å². The van der Waals surface area contributed by atoms with Crippen LogP contribution in [0.4, 0.5) is 0 Å². The predicted molar refractivity (Wildman–Crippen MR) is 72.7 cm³/mol. The maximum Gasteiger partial charge on any atom is 0.140 e. The summed E-state index contributed by atoms with van der Waals surface area (Å²) in [6, 6.07) is 4.38. The van der Waals surface area contributed by atoms with Crippen LogP contribution >= 0.6 is 11.3 Å². The molecule has 0 atom stereocenters. The Hall–Kier alpha value is -1.07. The molecule has 0 spiro atoms. The van der Waals surface area contributed by atoms with E-state index in [0.29, 0.717) is 12.3 Å². The number of hydrogen-bond acceptors (Lipinski definition) is 4. The van der Waals surface area contributed by atoms with Gasteiger partial charge in [0.1, 0.15) is 5.84 Å². The maximum absolute atomic E-state index is 8.49. The molecule has 1 rings (SSSR count). The lowest BCUT2D eigenvalue weighted by Gasteiger charge is -2.18. The van der Waals surface area contributed by atoms with E-state index in [0.717, 1.165) is 26.1 Å². The van der Waals surface area contributed by atoms with Crippen molar-refractivity contribution in [2.24, 2.45) is 10.9 Å². The highest BCUT2D eigenvalue weighted by Gasteiger charge is 2.06. The molecule has 1 aromatic rings. The first-order valence-electron chi connectivity index (χ1n) is 5.95. The Morgan fingerprint density at radius 1 is 1.41 bits per heavy atom. The van der Waals surface area contributed by atoms with Crippen LogP contribution in [0, 0.1) is 0 Å². The molecule has 0 aliphatic carbocycles. The highest BCUT2D eigenvalue weighted by atomic mass is 32.1. The third-order valence-electron chi connectivity index (χ3n) is 2.71. The molecule has 3 N–H and O–H groups in total. The molecule has 0 aromatic carbocycles. The van der Waals surface area contributed by atoms with Gasteiger partial charge in [-0.25, -0.2) is 0 Å². The average Bonchev–Trinajstić information content (AvgIpc) is 2.81. The second-order valence-electron chi connectivity index (χ2n) is 3.93. The van der Waals surface area contributed by atoms with Crippen molar-refractivity contribution in [2.75, 3.05) is 13.1 Å². The van der Waals surface area contributed by atoms with Crippen LogP contribution in [0.25, 0.3) is 0 Å². The number of oxime groups is 1. The summed E-state index contributed by atoms with van der Waals surface area (Å²) in [5.41, 5.74) is 5.47. The molecule has 0 aliphatic heterocycles. The molecule has 0 saturated heterocycles. The SMILES string of the molecule is CCc1ccc(CN(CC)CCC(N)=NO)s1. The van der Waals surface area contributed by atoms with Gasteiger partial charge in [0, 0.05) is 29.3 Å². The van der Waals surface area contributed by atoms with Gasteiger partial charge < -0.3 is 10.9 Å². The van der Waals surface area contributed by atoms with Crippen LogP contribution in [0.3, 0.4) is 0 Å². The van der Waals surface area contributed by atoms with Gasteiger partial charge in [0.25, 0.3) is 0 Å². The van der Waals surface area contributed by atoms with Crippen molar-refractivity contribution >= 4 is 17.2 Å². The number of thiophene rings is 1. The zero-order valence-corrected chi connectivity index (χ0v) is 11.3. The molecule has 0 amide bonds. The normalized spacial score (nSPS) is 12.3. The average molecular weight is 255 g/mol. The van der Waals surface area contributed by atoms with Crippen molar-refractivity contribution in [2.45, 2.75) is 33.2 Å². The van der Waals surface area contributed by atoms with E-state index in [1.54, 1.807) is 0 Å². The van der Waals surface area contributed by atoms with Gasteiger partial charge in [0.15, 0.2) is 0 Å². The lowest BCUT2D eigenvalue weighted by atomic mass is 10.3. The second-order valence-corrected chi connectivity index (χ2v) is 5.18. The fraction of sp³-hybridized carbons (Fsp3) is 0.583. The van der Waals surface area contributed by atoms with Gasteiger partial charge in [0.05, 0.1) is 0 Å². The van der Waals surface area contributed by atoms with Crippen LogP contribution in [0.1, 0.15) is 30.0 Å². The molecule has 1 heterocycles. The monoisotopic (exact) mass is 255 g/mol. The summed E-state index contributed by atoms with van der Waals surface area (Å²) in [6.45, 7) is 7.04. The van der Waals surface area contributed by atoms with E-state index >= 15 is 0 Å². The van der Waals surface area contributed by atoms with E-state index in [9.17, 15) is 0 Å². The highest BCUT2D eigenvalue weighted by Crippen LogP contribution is 2.18. The molecule has 17 heavy (non-hydrogen) atoms. The molecular weight excluding hydrogens is 234 g/mol. The Labute approximate surface area is 107 Å². The summed E-state index contributed by atoms with van der Waals surface area (Å²) in [5.74, 6) is 0.295. The van der Waals surface area contributed by atoms with Crippen molar-refractivity contribution in [3.8, 4) is 0 Å². The van der Waals surface area contributed by atoms with E-state index in [-0.39, 0.29) is 0 Å². The van der Waals surface area contributed by atoms with Crippen molar-refractivity contribution in [1.82, 2.24) is 4.90 Å². The van der Waals surface area contributed by atoms with Crippen molar-refractivity contribution in [1.29, 1.82) is 0 Å². The molecule has 0 aliphatic rings. The van der Waals surface area contributed by atoms with E-state index in [4.69, 9.17) is 10.9 Å². The Kier molecular flexibility index (Phi) is 6.00. The fourth-order valence-corrected chi connectivity index (χ4v) is 2.59. The molecule has 0 unspecified atom stereocenters. The van der Waals surface area contributed by atoms with Crippen LogP contribution in [0.5, 0.6) is 0 Å². The summed E-state index contributed by atoms with van der Waals surface area (Å²) < 4.78 is 0. The first-order chi connectivity index (χ1) is 8.19. The number of nitrogens with zero attached hydrogens (tertiary/aromatic N) is 2. The molecule has 0 saturated carbocycles. The molecule has 5 heteroatoms. The van der Waals surface area contributed by atoms with Crippen LogP contribution in [0.2, 0.25) is 0 Å². The Bertz CT molecular complexity index is 362. The van der Waals surface area contributed by atoms with Crippen molar-refractivity contribution in [3.63, 3.8) is 0 Å². The minimum absolute atomic E-state index is 0.295. The van der Waals surface area contributed by atoms with Gasteiger partial charge >= 0.3 is 0 Å². The summed E-state index contributed by atoms with van der Waals surface area (Å²) in [5, 5.41) is 11.5. The Balaban J connectivity index is 2.46. The fourth-order valence-electron chi connectivity index (χ4n) is 1.59. The molecule has 0 bridgehead atoms.